The molecule has 0 aliphatic heterocycles. The van der Waals surface area contributed by atoms with Gasteiger partial charge < -0.3 is 28.8 Å². The normalized spacial score (nSPS) is 23.6. The van der Waals surface area contributed by atoms with E-state index in [1.165, 1.54) is 0 Å². The first-order valence-corrected chi connectivity index (χ1v) is 14.8. The summed E-state index contributed by atoms with van der Waals surface area (Å²) in [7, 11) is 0. The predicted octanol–water partition coefficient (Wildman–Crippen LogP) is 6.27. The van der Waals surface area contributed by atoms with Crippen LogP contribution >= 0.6 is 0 Å². The highest BCUT2D eigenvalue weighted by Crippen LogP contribution is 2.34. The zero-order chi connectivity index (χ0) is 29.7. The highest BCUT2D eigenvalue weighted by molar-refractivity contribution is 5.17. The fourth-order valence-electron chi connectivity index (χ4n) is 5.34. The molecular weight excluding hydrogens is 540 g/mol. The Labute approximate surface area is 254 Å². The van der Waals surface area contributed by atoms with E-state index in [-0.39, 0.29) is 6.61 Å². The molecule has 0 amide bonds. The molecule has 5 rings (SSSR count). The van der Waals surface area contributed by atoms with Gasteiger partial charge in [0.15, 0.2) is 0 Å². The highest BCUT2D eigenvalue weighted by Gasteiger charge is 2.54. The Morgan fingerprint density at radius 1 is 0.442 bits per heavy atom. The van der Waals surface area contributed by atoms with Crippen molar-refractivity contribution in [3.8, 4) is 0 Å². The second-order valence-electron chi connectivity index (χ2n) is 10.6. The molecule has 43 heavy (non-hydrogen) atoms. The standard InChI is InChI=1S/C37H40O6/c1-2-23-39-33-32(38)34(40-24-28-15-7-3-8-16-28)36(42-26-30-19-11-5-12-20-30)37(43-27-31-21-13-6-14-22-31)35(33)41-25-29-17-9-4-10-18-29/h2-22,32-38H,1,23-27H2. The summed E-state index contributed by atoms with van der Waals surface area (Å²) in [6, 6.07) is 39.8. The molecule has 6 nitrogen and oxygen atoms in total. The Morgan fingerprint density at radius 3 is 1.05 bits per heavy atom. The van der Waals surface area contributed by atoms with Crippen LogP contribution in [0, 0.1) is 0 Å². The van der Waals surface area contributed by atoms with Crippen LogP contribution in [0.25, 0.3) is 0 Å². The van der Waals surface area contributed by atoms with Crippen molar-refractivity contribution in [2.24, 2.45) is 0 Å². The van der Waals surface area contributed by atoms with Crippen LogP contribution in [0.5, 0.6) is 0 Å². The number of hydrogen-bond acceptors (Lipinski definition) is 6. The molecule has 1 N–H and O–H groups in total. The van der Waals surface area contributed by atoms with Crippen LogP contribution in [0.3, 0.4) is 0 Å². The Bertz CT molecular complexity index is 1330. The zero-order valence-corrected chi connectivity index (χ0v) is 24.3. The maximum Gasteiger partial charge on any atom is 0.116 e. The van der Waals surface area contributed by atoms with Gasteiger partial charge in [-0.05, 0) is 22.3 Å². The van der Waals surface area contributed by atoms with E-state index in [0.717, 1.165) is 22.3 Å². The number of rotatable bonds is 15. The molecule has 6 atom stereocenters. The van der Waals surface area contributed by atoms with Crippen molar-refractivity contribution in [3.05, 3.63) is 156 Å². The Kier molecular flexibility index (Phi) is 11.7. The number of benzene rings is 4. The van der Waals surface area contributed by atoms with Crippen molar-refractivity contribution in [3.63, 3.8) is 0 Å². The molecule has 4 aromatic rings. The molecular formula is C37H40O6. The second kappa shape index (κ2) is 16.3. The summed E-state index contributed by atoms with van der Waals surface area (Å²) in [6.45, 7) is 5.32. The smallest absolute Gasteiger partial charge is 0.116 e. The summed E-state index contributed by atoms with van der Waals surface area (Å²) in [6.07, 6.45) is -2.83. The third-order valence-corrected chi connectivity index (χ3v) is 7.52. The molecule has 0 spiro atoms. The first-order chi connectivity index (χ1) is 21.2. The molecule has 0 bridgehead atoms. The van der Waals surface area contributed by atoms with Crippen LogP contribution in [0.2, 0.25) is 0 Å². The van der Waals surface area contributed by atoms with Gasteiger partial charge in [-0.1, -0.05) is 127 Å². The summed E-state index contributed by atoms with van der Waals surface area (Å²) in [5.74, 6) is 0. The largest absolute Gasteiger partial charge is 0.387 e. The lowest BCUT2D eigenvalue weighted by atomic mass is 9.83. The fourth-order valence-corrected chi connectivity index (χ4v) is 5.34. The molecule has 0 saturated heterocycles. The minimum atomic E-state index is -1.05. The van der Waals surface area contributed by atoms with E-state index in [0.29, 0.717) is 26.4 Å². The minimum Gasteiger partial charge on any atom is -0.387 e. The van der Waals surface area contributed by atoms with Crippen LogP contribution in [0.1, 0.15) is 22.3 Å². The van der Waals surface area contributed by atoms with E-state index in [1.54, 1.807) is 6.08 Å². The Hall–Kier alpha value is -3.62. The van der Waals surface area contributed by atoms with Crippen LogP contribution in [0.4, 0.5) is 0 Å². The third kappa shape index (κ3) is 8.71. The predicted molar refractivity (Wildman–Crippen MR) is 166 cm³/mol. The average molecular weight is 581 g/mol. The molecule has 4 aromatic carbocycles. The van der Waals surface area contributed by atoms with Gasteiger partial charge in [-0.25, -0.2) is 0 Å². The van der Waals surface area contributed by atoms with Crippen LogP contribution in [-0.4, -0.2) is 48.3 Å². The summed E-state index contributed by atoms with van der Waals surface area (Å²) in [4.78, 5) is 0. The SMILES string of the molecule is C=CCOC1C(O)C(OCc2ccccc2)C(OCc2ccccc2)C(OCc2ccccc2)C1OCc1ccccc1. The molecule has 1 saturated carbocycles. The average Bonchev–Trinajstić information content (AvgIpc) is 3.06. The van der Waals surface area contributed by atoms with Crippen LogP contribution in [0.15, 0.2) is 134 Å². The van der Waals surface area contributed by atoms with Crippen molar-refractivity contribution >= 4 is 0 Å². The summed E-state index contributed by atoms with van der Waals surface area (Å²) < 4.78 is 32.5. The lowest BCUT2D eigenvalue weighted by Gasteiger charge is -2.48. The van der Waals surface area contributed by atoms with Gasteiger partial charge in [0.2, 0.25) is 0 Å². The molecule has 6 unspecified atom stereocenters. The van der Waals surface area contributed by atoms with E-state index in [2.05, 4.69) is 6.58 Å². The van der Waals surface area contributed by atoms with Crippen molar-refractivity contribution in [1.29, 1.82) is 0 Å². The molecule has 1 aliphatic rings. The van der Waals surface area contributed by atoms with Gasteiger partial charge in [-0.15, -0.1) is 6.58 Å². The number of aliphatic hydroxyl groups is 1. The van der Waals surface area contributed by atoms with Crippen molar-refractivity contribution in [1.82, 2.24) is 0 Å². The van der Waals surface area contributed by atoms with Gasteiger partial charge in [-0.2, -0.15) is 0 Å². The summed E-state index contributed by atoms with van der Waals surface area (Å²) >= 11 is 0. The maximum absolute atomic E-state index is 11.9. The quantitative estimate of drug-likeness (QED) is 0.167. The lowest BCUT2D eigenvalue weighted by Crippen LogP contribution is -2.66. The molecule has 0 radical (unpaired) electrons. The maximum atomic E-state index is 11.9. The van der Waals surface area contributed by atoms with Crippen LogP contribution in [-0.2, 0) is 50.1 Å². The van der Waals surface area contributed by atoms with Gasteiger partial charge in [0.25, 0.3) is 0 Å². The molecule has 1 aliphatic carbocycles. The number of aliphatic hydroxyl groups excluding tert-OH is 1. The first-order valence-electron chi connectivity index (χ1n) is 14.8. The van der Waals surface area contributed by atoms with Crippen molar-refractivity contribution < 1.29 is 28.8 Å². The van der Waals surface area contributed by atoms with Gasteiger partial charge in [-0.3, -0.25) is 0 Å². The van der Waals surface area contributed by atoms with E-state index < -0.39 is 36.6 Å². The topological polar surface area (TPSA) is 66.4 Å². The molecule has 1 fully saturated rings. The van der Waals surface area contributed by atoms with Gasteiger partial charge >= 0.3 is 0 Å². The van der Waals surface area contributed by atoms with E-state index >= 15 is 0 Å². The monoisotopic (exact) mass is 580 g/mol. The van der Waals surface area contributed by atoms with Gasteiger partial charge in [0, 0.05) is 0 Å². The van der Waals surface area contributed by atoms with Crippen LogP contribution < -0.4 is 0 Å². The number of ether oxygens (including phenoxy) is 5. The van der Waals surface area contributed by atoms with Crippen molar-refractivity contribution in [2.75, 3.05) is 6.61 Å². The molecule has 0 aromatic heterocycles. The minimum absolute atomic E-state index is 0.235. The highest BCUT2D eigenvalue weighted by atomic mass is 16.6. The molecule has 6 heteroatoms. The van der Waals surface area contributed by atoms with E-state index in [4.69, 9.17) is 23.7 Å². The van der Waals surface area contributed by atoms with Gasteiger partial charge in [0.1, 0.15) is 36.6 Å². The van der Waals surface area contributed by atoms with Gasteiger partial charge in [0.05, 0.1) is 33.0 Å². The molecule has 224 valence electrons. The lowest BCUT2D eigenvalue weighted by molar-refractivity contribution is -0.280. The third-order valence-electron chi connectivity index (χ3n) is 7.52. The Morgan fingerprint density at radius 2 is 0.721 bits per heavy atom. The Balaban J connectivity index is 1.48. The van der Waals surface area contributed by atoms with Crippen molar-refractivity contribution in [2.45, 2.75) is 63.1 Å². The zero-order valence-electron chi connectivity index (χ0n) is 24.3. The first kappa shape index (κ1) is 30.8. The summed E-state index contributed by atoms with van der Waals surface area (Å²) in [5.41, 5.74) is 4.02. The van der Waals surface area contributed by atoms with E-state index in [9.17, 15) is 5.11 Å². The number of hydrogen-bond donors (Lipinski definition) is 1. The van der Waals surface area contributed by atoms with E-state index in [1.807, 2.05) is 121 Å². The second-order valence-corrected chi connectivity index (χ2v) is 10.6. The fraction of sp³-hybridized carbons (Fsp3) is 0.297. The summed E-state index contributed by atoms with van der Waals surface area (Å²) in [5, 5.41) is 11.9. The molecule has 0 heterocycles.